The minimum atomic E-state index is 0.662. The number of rotatable bonds is 2. The van der Waals surface area contributed by atoms with Crippen LogP contribution in [0.4, 0.5) is 0 Å². The Hall–Kier alpha value is -0.700. The molecule has 4 heteroatoms. The second-order valence-electron chi connectivity index (χ2n) is 3.13. The maximum absolute atomic E-state index is 5.84. The van der Waals surface area contributed by atoms with Gasteiger partial charge in [0.1, 0.15) is 11.5 Å². The minimum absolute atomic E-state index is 0.662. The molecule has 0 spiro atoms. The predicted octanol–water partition coefficient (Wildman–Crippen LogP) is 5.55. The lowest BCUT2D eigenvalue weighted by molar-refractivity contribution is 0.479. The first kappa shape index (κ1) is 11.8. The van der Waals surface area contributed by atoms with Crippen molar-refractivity contribution in [1.82, 2.24) is 0 Å². The maximum Gasteiger partial charge on any atom is 0.141 e. The molecule has 0 aromatic heterocycles. The summed E-state index contributed by atoms with van der Waals surface area (Å²) in [5.74, 6) is 1.44. The minimum Gasteiger partial charge on any atom is -0.456 e. The number of halogens is 3. The van der Waals surface area contributed by atoms with E-state index in [4.69, 9.17) is 27.9 Å². The van der Waals surface area contributed by atoms with Gasteiger partial charge in [-0.05, 0) is 58.4 Å². The van der Waals surface area contributed by atoms with Crippen molar-refractivity contribution in [3.8, 4) is 11.5 Å². The summed E-state index contributed by atoms with van der Waals surface area (Å²) < 4.78 is 6.47. The van der Waals surface area contributed by atoms with E-state index in [1.807, 2.05) is 12.1 Å². The van der Waals surface area contributed by atoms with Crippen LogP contribution in [0.15, 0.2) is 46.9 Å². The van der Waals surface area contributed by atoms with E-state index in [1.54, 1.807) is 30.3 Å². The molecule has 2 rings (SSSR count). The smallest absolute Gasteiger partial charge is 0.141 e. The number of ether oxygens (including phenoxy) is 1. The normalized spacial score (nSPS) is 10.2. The fraction of sp³-hybridized carbons (Fsp3) is 0. The third-order valence-corrected chi connectivity index (χ3v) is 3.04. The lowest BCUT2D eigenvalue weighted by Gasteiger charge is -2.07. The Balaban J connectivity index is 2.23. The Kier molecular flexibility index (Phi) is 3.74. The summed E-state index contributed by atoms with van der Waals surface area (Å²) in [6.07, 6.45) is 0. The standard InChI is InChI=1S/C12H7BrCl2O/c13-11-7-9(15)3-6-12(11)16-10-4-1-8(14)2-5-10/h1-7H. The van der Waals surface area contributed by atoms with Crippen molar-refractivity contribution in [3.05, 3.63) is 57.0 Å². The van der Waals surface area contributed by atoms with Gasteiger partial charge in [0.15, 0.2) is 0 Å². The van der Waals surface area contributed by atoms with Crippen molar-refractivity contribution in [1.29, 1.82) is 0 Å². The topological polar surface area (TPSA) is 9.23 Å². The summed E-state index contributed by atoms with van der Waals surface area (Å²) in [5.41, 5.74) is 0. The fourth-order valence-electron chi connectivity index (χ4n) is 1.19. The van der Waals surface area contributed by atoms with Crippen LogP contribution in [-0.4, -0.2) is 0 Å². The molecule has 0 aliphatic carbocycles. The van der Waals surface area contributed by atoms with Gasteiger partial charge in [-0.25, -0.2) is 0 Å². The Labute approximate surface area is 112 Å². The van der Waals surface area contributed by atoms with Gasteiger partial charge in [0.2, 0.25) is 0 Å². The molecule has 0 aliphatic rings. The van der Waals surface area contributed by atoms with E-state index in [2.05, 4.69) is 15.9 Å². The van der Waals surface area contributed by atoms with Gasteiger partial charge in [0, 0.05) is 10.0 Å². The van der Waals surface area contributed by atoms with Gasteiger partial charge in [-0.15, -0.1) is 0 Å². The molecule has 82 valence electrons. The van der Waals surface area contributed by atoms with Gasteiger partial charge in [-0.2, -0.15) is 0 Å². The van der Waals surface area contributed by atoms with Crippen LogP contribution < -0.4 is 4.74 Å². The average Bonchev–Trinajstić information content (AvgIpc) is 2.25. The van der Waals surface area contributed by atoms with Gasteiger partial charge >= 0.3 is 0 Å². The summed E-state index contributed by atoms with van der Waals surface area (Å²) in [7, 11) is 0. The zero-order valence-electron chi connectivity index (χ0n) is 8.08. The lowest BCUT2D eigenvalue weighted by Crippen LogP contribution is -1.84. The van der Waals surface area contributed by atoms with E-state index in [1.165, 1.54) is 0 Å². The zero-order chi connectivity index (χ0) is 11.5. The second-order valence-corrected chi connectivity index (χ2v) is 4.86. The summed E-state index contributed by atoms with van der Waals surface area (Å²) in [5, 5.41) is 1.35. The Morgan fingerprint density at radius 2 is 1.50 bits per heavy atom. The predicted molar refractivity (Wildman–Crippen MR) is 70.7 cm³/mol. The van der Waals surface area contributed by atoms with Crippen LogP contribution in [-0.2, 0) is 0 Å². The molecule has 0 N–H and O–H groups in total. The molecule has 0 amide bonds. The molecule has 2 aromatic carbocycles. The number of hydrogen-bond acceptors (Lipinski definition) is 1. The molecule has 0 bridgehead atoms. The molecule has 0 radical (unpaired) electrons. The maximum atomic E-state index is 5.84. The van der Waals surface area contributed by atoms with Crippen LogP contribution >= 0.6 is 39.1 Å². The van der Waals surface area contributed by atoms with Crippen LogP contribution in [0.25, 0.3) is 0 Å². The Morgan fingerprint density at radius 1 is 0.875 bits per heavy atom. The molecule has 0 aliphatic heterocycles. The first-order chi connectivity index (χ1) is 7.65. The average molecular weight is 318 g/mol. The van der Waals surface area contributed by atoms with Gasteiger partial charge in [0.25, 0.3) is 0 Å². The Morgan fingerprint density at radius 3 is 2.12 bits per heavy atom. The fourth-order valence-corrected chi connectivity index (χ4v) is 2.08. The molecule has 1 nitrogen and oxygen atoms in total. The van der Waals surface area contributed by atoms with Crippen molar-refractivity contribution < 1.29 is 4.74 Å². The largest absolute Gasteiger partial charge is 0.456 e. The third kappa shape index (κ3) is 2.91. The van der Waals surface area contributed by atoms with Crippen LogP contribution in [0, 0.1) is 0 Å². The van der Waals surface area contributed by atoms with E-state index in [0.717, 1.165) is 10.2 Å². The number of benzene rings is 2. The van der Waals surface area contributed by atoms with Gasteiger partial charge in [-0.1, -0.05) is 23.2 Å². The first-order valence-corrected chi connectivity index (χ1v) is 6.08. The van der Waals surface area contributed by atoms with Gasteiger partial charge < -0.3 is 4.74 Å². The molecule has 0 heterocycles. The molecule has 2 aromatic rings. The highest BCUT2D eigenvalue weighted by Crippen LogP contribution is 2.32. The van der Waals surface area contributed by atoms with Crippen molar-refractivity contribution in [2.45, 2.75) is 0 Å². The highest BCUT2D eigenvalue weighted by molar-refractivity contribution is 9.10. The summed E-state index contributed by atoms with van der Waals surface area (Å²) >= 11 is 15.0. The lowest BCUT2D eigenvalue weighted by atomic mass is 10.3. The summed E-state index contributed by atoms with van der Waals surface area (Å²) in [4.78, 5) is 0. The van der Waals surface area contributed by atoms with E-state index in [0.29, 0.717) is 15.8 Å². The van der Waals surface area contributed by atoms with Crippen molar-refractivity contribution >= 4 is 39.1 Å². The van der Waals surface area contributed by atoms with Crippen LogP contribution in [0.3, 0.4) is 0 Å². The van der Waals surface area contributed by atoms with E-state index in [9.17, 15) is 0 Å². The van der Waals surface area contributed by atoms with E-state index in [-0.39, 0.29) is 0 Å². The molecule has 0 fully saturated rings. The van der Waals surface area contributed by atoms with Crippen molar-refractivity contribution in [2.75, 3.05) is 0 Å². The van der Waals surface area contributed by atoms with Crippen LogP contribution in [0.5, 0.6) is 11.5 Å². The SMILES string of the molecule is Clc1ccc(Oc2ccc(Cl)cc2Br)cc1. The quantitative estimate of drug-likeness (QED) is 0.705. The highest BCUT2D eigenvalue weighted by atomic mass is 79.9. The van der Waals surface area contributed by atoms with E-state index < -0.39 is 0 Å². The molecule has 0 unspecified atom stereocenters. The van der Waals surface area contributed by atoms with Crippen LogP contribution in [0.2, 0.25) is 10.0 Å². The monoisotopic (exact) mass is 316 g/mol. The number of hydrogen-bond donors (Lipinski definition) is 0. The molecule has 0 atom stereocenters. The molecular formula is C12H7BrCl2O. The van der Waals surface area contributed by atoms with Crippen molar-refractivity contribution in [3.63, 3.8) is 0 Å². The zero-order valence-corrected chi connectivity index (χ0v) is 11.2. The third-order valence-electron chi connectivity index (χ3n) is 1.94. The molecule has 16 heavy (non-hydrogen) atoms. The van der Waals surface area contributed by atoms with Crippen LogP contribution in [0.1, 0.15) is 0 Å². The van der Waals surface area contributed by atoms with Gasteiger partial charge in [0.05, 0.1) is 4.47 Å². The van der Waals surface area contributed by atoms with Gasteiger partial charge in [-0.3, -0.25) is 0 Å². The molecule has 0 saturated heterocycles. The highest BCUT2D eigenvalue weighted by Gasteiger charge is 2.03. The summed E-state index contributed by atoms with van der Waals surface area (Å²) in [6.45, 7) is 0. The van der Waals surface area contributed by atoms with Crippen molar-refractivity contribution in [2.24, 2.45) is 0 Å². The molecule has 0 saturated carbocycles. The molecular weight excluding hydrogens is 311 g/mol. The second kappa shape index (κ2) is 5.09. The van der Waals surface area contributed by atoms with E-state index >= 15 is 0 Å². The summed E-state index contributed by atoms with van der Waals surface area (Å²) in [6, 6.07) is 12.5. The first-order valence-electron chi connectivity index (χ1n) is 4.53. The Bertz CT molecular complexity index is 497.